The Labute approximate surface area is 166 Å². The van der Waals surface area contributed by atoms with Crippen LogP contribution < -0.4 is 10.4 Å². The average Bonchev–Trinajstić information content (AvgIpc) is 2.63. The molecule has 0 unspecified atom stereocenters. The van der Waals surface area contributed by atoms with Crippen molar-refractivity contribution in [3.63, 3.8) is 0 Å². The second kappa shape index (κ2) is 9.49. The van der Waals surface area contributed by atoms with Gasteiger partial charge in [0.25, 0.3) is 8.32 Å². The maximum atomic E-state index is 10.6. The fourth-order valence-electron chi connectivity index (χ4n) is 3.90. The molecule has 0 aromatic heterocycles. The van der Waals surface area contributed by atoms with Gasteiger partial charge in [0, 0.05) is 0 Å². The first kappa shape index (κ1) is 21.6. The van der Waals surface area contributed by atoms with E-state index in [1.54, 1.807) is 0 Å². The third-order valence-electron chi connectivity index (χ3n) is 5.15. The van der Waals surface area contributed by atoms with Crippen LogP contribution >= 0.6 is 0 Å². The van der Waals surface area contributed by atoms with Gasteiger partial charge in [0.2, 0.25) is 0 Å². The van der Waals surface area contributed by atoms with Crippen molar-refractivity contribution in [3.05, 3.63) is 73.3 Å². The van der Waals surface area contributed by atoms with Crippen molar-refractivity contribution in [3.8, 4) is 0 Å². The Morgan fingerprint density at radius 2 is 1.48 bits per heavy atom. The lowest BCUT2D eigenvalue weighted by atomic mass is 10.0. The van der Waals surface area contributed by atoms with Crippen LogP contribution in [0.4, 0.5) is 0 Å². The lowest BCUT2D eigenvalue weighted by Gasteiger charge is -2.43. The summed E-state index contributed by atoms with van der Waals surface area (Å²) >= 11 is 0. The molecule has 1 N–H and O–H groups in total. The number of aliphatic hydroxyl groups excluding tert-OH is 1. The zero-order valence-corrected chi connectivity index (χ0v) is 18.2. The van der Waals surface area contributed by atoms with Crippen molar-refractivity contribution in [2.75, 3.05) is 6.61 Å². The number of aliphatic hydroxyl groups is 1. The van der Waals surface area contributed by atoms with E-state index in [9.17, 15) is 5.11 Å². The molecule has 0 aliphatic heterocycles. The molecular weight excluding hydrogens is 348 g/mol. The number of allylic oxidation sites excluding steroid dienone is 1. The van der Waals surface area contributed by atoms with E-state index < -0.39 is 14.4 Å². The first-order chi connectivity index (χ1) is 12.8. The molecule has 0 aliphatic rings. The number of benzene rings is 2. The van der Waals surface area contributed by atoms with E-state index in [0.29, 0.717) is 12.5 Å². The minimum Gasteiger partial charge on any atom is -0.405 e. The van der Waals surface area contributed by atoms with Crippen LogP contribution in [-0.2, 0) is 4.43 Å². The summed E-state index contributed by atoms with van der Waals surface area (Å²) in [5, 5.41) is 13.1. The van der Waals surface area contributed by atoms with Crippen molar-refractivity contribution in [2.45, 2.75) is 51.7 Å². The quantitative estimate of drug-likeness (QED) is 0.510. The summed E-state index contributed by atoms with van der Waals surface area (Å²) in [6, 6.07) is 21.1. The van der Waals surface area contributed by atoms with Crippen LogP contribution in [0.1, 0.15) is 40.5 Å². The second-order valence-corrected chi connectivity index (χ2v) is 12.8. The van der Waals surface area contributed by atoms with Gasteiger partial charge >= 0.3 is 0 Å². The van der Waals surface area contributed by atoms with Crippen LogP contribution in [0.15, 0.2) is 73.3 Å². The van der Waals surface area contributed by atoms with Gasteiger partial charge in [0.15, 0.2) is 0 Å². The standard InChI is InChI=1S/C24H34O2Si/c1-6-13-20(2)18-21(25)19-26-27(24(3,4)5,22-14-9-7-10-15-22)23-16-11-8-12-17-23/h6-12,14-17,20-21,25H,1,13,18-19H2,2-5H3/t20-,21+/m1/s1. The molecule has 27 heavy (non-hydrogen) atoms. The molecule has 2 aromatic carbocycles. The molecule has 146 valence electrons. The molecule has 2 nitrogen and oxygen atoms in total. The molecule has 0 amide bonds. The average molecular weight is 383 g/mol. The van der Waals surface area contributed by atoms with Gasteiger partial charge in [-0.15, -0.1) is 6.58 Å². The molecule has 3 heteroatoms. The van der Waals surface area contributed by atoms with Gasteiger partial charge in [-0.1, -0.05) is 94.4 Å². The van der Waals surface area contributed by atoms with Crippen molar-refractivity contribution in [1.82, 2.24) is 0 Å². The normalized spacial score (nSPS) is 14.6. The largest absolute Gasteiger partial charge is 0.405 e. The zero-order valence-electron chi connectivity index (χ0n) is 17.2. The zero-order chi connectivity index (χ0) is 19.9. The smallest absolute Gasteiger partial charge is 0.261 e. The monoisotopic (exact) mass is 382 g/mol. The van der Waals surface area contributed by atoms with Gasteiger partial charge < -0.3 is 9.53 Å². The minimum atomic E-state index is -2.56. The van der Waals surface area contributed by atoms with Crippen molar-refractivity contribution < 1.29 is 9.53 Å². The van der Waals surface area contributed by atoms with E-state index in [-0.39, 0.29) is 5.04 Å². The third-order valence-corrected chi connectivity index (χ3v) is 10.2. The Morgan fingerprint density at radius 1 is 1.00 bits per heavy atom. The lowest BCUT2D eigenvalue weighted by Crippen LogP contribution is -2.67. The van der Waals surface area contributed by atoms with Gasteiger partial charge in [-0.05, 0) is 34.2 Å². The number of hydrogen-bond donors (Lipinski definition) is 1. The van der Waals surface area contributed by atoms with Gasteiger partial charge in [-0.3, -0.25) is 0 Å². The van der Waals surface area contributed by atoms with Gasteiger partial charge in [0.05, 0.1) is 12.7 Å². The molecule has 0 saturated heterocycles. The highest BCUT2D eigenvalue weighted by atomic mass is 28.4. The fraction of sp³-hybridized carbons (Fsp3) is 0.417. The Morgan fingerprint density at radius 3 is 1.89 bits per heavy atom. The molecule has 0 radical (unpaired) electrons. The topological polar surface area (TPSA) is 29.5 Å². The molecule has 2 aromatic rings. The molecule has 0 bridgehead atoms. The lowest BCUT2D eigenvalue weighted by molar-refractivity contribution is 0.0830. The molecule has 0 fully saturated rings. The van der Waals surface area contributed by atoms with Crippen LogP contribution in [0.2, 0.25) is 5.04 Å². The molecule has 2 rings (SSSR count). The van der Waals surface area contributed by atoms with Crippen molar-refractivity contribution in [2.24, 2.45) is 5.92 Å². The maximum Gasteiger partial charge on any atom is 0.261 e. The molecule has 0 heterocycles. The Kier molecular flexibility index (Phi) is 7.60. The van der Waals surface area contributed by atoms with Crippen LogP contribution in [0.5, 0.6) is 0 Å². The van der Waals surface area contributed by atoms with Crippen LogP contribution in [0, 0.1) is 5.92 Å². The van der Waals surface area contributed by atoms with Crippen molar-refractivity contribution in [1.29, 1.82) is 0 Å². The van der Waals surface area contributed by atoms with Crippen LogP contribution in [0.25, 0.3) is 0 Å². The second-order valence-electron chi connectivity index (χ2n) is 8.49. The predicted molar refractivity (Wildman–Crippen MR) is 118 cm³/mol. The summed E-state index contributed by atoms with van der Waals surface area (Å²) in [5.41, 5.74) is 0. The Balaban J connectivity index is 2.39. The van der Waals surface area contributed by atoms with Gasteiger partial charge in [-0.2, -0.15) is 0 Å². The SMILES string of the molecule is C=CC[C@@H](C)C[C@H](O)CO[Si](c1ccccc1)(c1ccccc1)C(C)(C)C. The van der Waals surface area contributed by atoms with Crippen LogP contribution in [0.3, 0.4) is 0 Å². The molecule has 0 spiro atoms. The highest BCUT2D eigenvalue weighted by molar-refractivity contribution is 6.99. The Hall–Kier alpha value is -1.68. The summed E-state index contributed by atoms with van der Waals surface area (Å²) in [4.78, 5) is 0. The van der Waals surface area contributed by atoms with Gasteiger partial charge in [0.1, 0.15) is 0 Å². The number of rotatable bonds is 9. The highest BCUT2D eigenvalue weighted by Gasteiger charge is 2.50. The predicted octanol–water partition coefficient (Wildman–Crippen LogP) is 4.53. The van der Waals surface area contributed by atoms with E-state index in [1.807, 2.05) is 18.2 Å². The van der Waals surface area contributed by atoms with E-state index in [1.165, 1.54) is 10.4 Å². The third kappa shape index (κ3) is 5.19. The van der Waals surface area contributed by atoms with Crippen molar-refractivity contribution >= 4 is 18.7 Å². The summed E-state index contributed by atoms with van der Waals surface area (Å²) in [6.07, 6.45) is 3.09. The summed E-state index contributed by atoms with van der Waals surface area (Å²) in [7, 11) is -2.56. The van der Waals surface area contributed by atoms with E-state index in [0.717, 1.165) is 12.8 Å². The molecule has 0 saturated carbocycles. The summed E-state index contributed by atoms with van der Waals surface area (Å²) < 4.78 is 6.77. The molecule has 2 atom stereocenters. The first-order valence-electron chi connectivity index (χ1n) is 9.85. The maximum absolute atomic E-state index is 10.6. The van der Waals surface area contributed by atoms with Gasteiger partial charge in [-0.25, -0.2) is 0 Å². The van der Waals surface area contributed by atoms with E-state index >= 15 is 0 Å². The fourth-order valence-corrected chi connectivity index (χ4v) is 8.49. The van der Waals surface area contributed by atoms with E-state index in [2.05, 4.69) is 82.8 Å². The highest BCUT2D eigenvalue weighted by Crippen LogP contribution is 2.36. The molecular formula is C24H34O2Si. The van der Waals surface area contributed by atoms with Crippen LogP contribution in [-0.4, -0.2) is 26.1 Å². The number of hydrogen-bond acceptors (Lipinski definition) is 2. The first-order valence-corrected chi connectivity index (χ1v) is 11.8. The van der Waals surface area contributed by atoms with E-state index in [4.69, 9.17) is 4.43 Å². The minimum absolute atomic E-state index is 0.0673. The Bertz CT molecular complexity index is 652. The summed E-state index contributed by atoms with van der Waals surface area (Å²) in [5.74, 6) is 0.403. The molecule has 0 aliphatic carbocycles. The summed E-state index contributed by atoms with van der Waals surface area (Å²) in [6.45, 7) is 13.1.